The number of halogens is 4. The zero-order chi connectivity index (χ0) is 21.5. The second-order valence-corrected chi connectivity index (χ2v) is 8.21. The van der Waals surface area contributed by atoms with Crippen molar-refractivity contribution in [2.75, 3.05) is 31.1 Å². The van der Waals surface area contributed by atoms with E-state index in [0.29, 0.717) is 35.5 Å². The molecule has 1 aliphatic heterocycles. The largest absolute Gasteiger partial charge is 0.433 e. The van der Waals surface area contributed by atoms with Crippen LogP contribution in [0.1, 0.15) is 27.3 Å². The van der Waals surface area contributed by atoms with Crippen molar-refractivity contribution in [3.05, 3.63) is 58.3 Å². The van der Waals surface area contributed by atoms with Gasteiger partial charge in [-0.25, -0.2) is 9.37 Å². The van der Waals surface area contributed by atoms with Crippen molar-refractivity contribution in [1.29, 1.82) is 0 Å². The molecule has 2 aromatic heterocycles. The molecule has 1 fully saturated rings. The molecule has 0 unspecified atom stereocenters. The highest BCUT2D eigenvalue weighted by Gasteiger charge is 2.33. The third kappa shape index (κ3) is 3.98. The van der Waals surface area contributed by atoms with E-state index in [4.69, 9.17) is 0 Å². The molecule has 4 nitrogen and oxygen atoms in total. The summed E-state index contributed by atoms with van der Waals surface area (Å²) in [6, 6.07) is 8.58. The lowest BCUT2D eigenvalue weighted by Gasteiger charge is -2.23. The molecule has 0 spiro atoms. The monoisotopic (exact) mass is 437 g/mol. The highest BCUT2D eigenvalue weighted by molar-refractivity contribution is 7.20. The Bertz CT molecular complexity index is 1080. The molecule has 1 amide bonds. The maximum atomic E-state index is 13.2. The van der Waals surface area contributed by atoms with Gasteiger partial charge in [-0.05, 0) is 55.3 Å². The van der Waals surface area contributed by atoms with Gasteiger partial charge in [0.2, 0.25) is 0 Å². The fourth-order valence-electron chi connectivity index (χ4n) is 3.64. The third-order valence-electron chi connectivity index (χ3n) is 5.26. The predicted octanol–water partition coefficient (Wildman–Crippen LogP) is 5.12. The van der Waals surface area contributed by atoms with Crippen molar-refractivity contribution < 1.29 is 22.4 Å². The Kier molecular flexibility index (Phi) is 5.40. The lowest BCUT2D eigenvalue weighted by Crippen LogP contribution is -2.35. The van der Waals surface area contributed by atoms with Crippen LogP contribution < -0.4 is 4.90 Å². The van der Waals surface area contributed by atoms with E-state index in [1.54, 1.807) is 24.0 Å². The minimum atomic E-state index is -4.52. The first-order valence-corrected chi connectivity index (χ1v) is 10.3. The summed E-state index contributed by atoms with van der Waals surface area (Å²) >= 11 is 1.00. The van der Waals surface area contributed by atoms with Crippen LogP contribution in [0.15, 0.2) is 36.4 Å². The van der Waals surface area contributed by atoms with Crippen molar-refractivity contribution in [3.8, 4) is 0 Å². The van der Waals surface area contributed by atoms with Crippen LogP contribution in [0.25, 0.3) is 10.2 Å². The number of aromatic nitrogens is 1. The fourth-order valence-corrected chi connectivity index (χ4v) is 4.78. The van der Waals surface area contributed by atoms with E-state index in [9.17, 15) is 22.4 Å². The molecule has 9 heteroatoms. The van der Waals surface area contributed by atoms with Crippen LogP contribution in [0.2, 0.25) is 0 Å². The number of fused-ring (bicyclic) bond motifs is 1. The SMILES string of the molecule is Cc1c(C(=O)N2CCCN(c3ccc(F)cc3)CC2)sc2nc(C(F)(F)F)ccc12. The van der Waals surface area contributed by atoms with Gasteiger partial charge in [-0.3, -0.25) is 4.79 Å². The van der Waals surface area contributed by atoms with Gasteiger partial charge in [-0.1, -0.05) is 0 Å². The van der Waals surface area contributed by atoms with Crippen LogP contribution in [0, 0.1) is 12.7 Å². The van der Waals surface area contributed by atoms with E-state index in [-0.39, 0.29) is 16.6 Å². The maximum Gasteiger partial charge on any atom is 0.433 e. The van der Waals surface area contributed by atoms with E-state index in [2.05, 4.69) is 9.88 Å². The Hall–Kier alpha value is -2.68. The predicted molar refractivity (Wildman–Crippen MR) is 108 cm³/mol. The minimum absolute atomic E-state index is 0.190. The van der Waals surface area contributed by atoms with Crippen LogP contribution in [0.3, 0.4) is 0 Å². The number of hydrogen-bond acceptors (Lipinski definition) is 4. The number of thiophene rings is 1. The first-order valence-electron chi connectivity index (χ1n) is 9.51. The lowest BCUT2D eigenvalue weighted by atomic mass is 10.1. The third-order valence-corrected chi connectivity index (χ3v) is 6.45. The molecule has 3 aromatic rings. The van der Waals surface area contributed by atoms with Gasteiger partial charge in [-0.15, -0.1) is 11.3 Å². The molecule has 1 aromatic carbocycles. The molecule has 0 aliphatic carbocycles. The summed E-state index contributed by atoms with van der Waals surface area (Å²) in [6.07, 6.45) is -3.78. The molecule has 0 atom stereocenters. The van der Waals surface area contributed by atoms with Crippen LogP contribution in [-0.2, 0) is 6.18 Å². The molecule has 0 saturated carbocycles. The van der Waals surface area contributed by atoms with Gasteiger partial charge in [0.05, 0.1) is 4.88 Å². The van der Waals surface area contributed by atoms with Crippen molar-refractivity contribution >= 4 is 33.1 Å². The zero-order valence-corrected chi connectivity index (χ0v) is 17.0. The number of pyridine rings is 1. The smallest absolute Gasteiger partial charge is 0.370 e. The Labute approximate surface area is 174 Å². The second kappa shape index (κ2) is 7.86. The van der Waals surface area contributed by atoms with Crippen LogP contribution in [0.4, 0.5) is 23.2 Å². The minimum Gasteiger partial charge on any atom is -0.370 e. The van der Waals surface area contributed by atoms with Gasteiger partial charge in [0.15, 0.2) is 0 Å². The Morgan fingerprint density at radius 2 is 1.77 bits per heavy atom. The average molecular weight is 437 g/mol. The Morgan fingerprint density at radius 1 is 1.03 bits per heavy atom. The summed E-state index contributed by atoms with van der Waals surface area (Å²) in [5.41, 5.74) is 0.591. The van der Waals surface area contributed by atoms with E-state index in [1.807, 2.05) is 0 Å². The molecular formula is C21H19F4N3OS. The summed E-state index contributed by atoms with van der Waals surface area (Å²) in [5.74, 6) is -0.488. The highest BCUT2D eigenvalue weighted by atomic mass is 32.1. The summed E-state index contributed by atoms with van der Waals surface area (Å²) in [7, 11) is 0. The second-order valence-electron chi connectivity index (χ2n) is 7.21. The van der Waals surface area contributed by atoms with Crippen molar-refractivity contribution in [2.45, 2.75) is 19.5 Å². The molecule has 0 N–H and O–H groups in total. The number of hydrogen-bond donors (Lipinski definition) is 0. The highest BCUT2D eigenvalue weighted by Crippen LogP contribution is 2.35. The quantitative estimate of drug-likeness (QED) is 0.523. The number of aryl methyl sites for hydroxylation is 1. The number of rotatable bonds is 2. The molecule has 0 radical (unpaired) electrons. The average Bonchev–Trinajstić information content (AvgIpc) is 2.88. The van der Waals surface area contributed by atoms with Gasteiger partial charge in [0.1, 0.15) is 16.3 Å². The summed E-state index contributed by atoms with van der Waals surface area (Å²) in [6.45, 7) is 4.09. The van der Waals surface area contributed by atoms with Gasteiger partial charge in [0.25, 0.3) is 5.91 Å². The first kappa shape index (κ1) is 20.6. The molecule has 1 aliphatic rings. The standard InChI is InChI=1S/C21H19F4N3OS/c1-13-16-7-8-17(21(23,24)25)26-19(16)30-18(13)20(29)28-10-2-9-27(11-12-28)15-5-3-14(22)4-6-15/h3-8H,2,9-12H2,1H3. The number of anilines is 1. The zero-order valence-electron chi connectivity index (χ0n) is 16.2. The first-order chi connectivity index (χ1) is 14.2. The number of nitrogens with zero attached hydrogens (tertiary/aromatic N) is 3. The van der Waals surface area contributed by atoms with Gasteiger partial charge >= 0.3 is 6.18 Å². The topological polar surface area (TPSA) is 36.4 Å². The molecule has 3 heterocycles. The molecule has 4 rings (SSSR count). The van der Waals surface area contributed by atoms with Crippen LogP contribution in [-0.4, -0.2) is 42.0 Å². The molecular weight excluding hydrogens is 418 g/mol. The lowest BCUT2D eigenvalue weighted by molar-refractivity contribution is -0.140. The van der Waals surface area contributed by atoms with Crippen LogP contribution >= 0.6 is 11.3 Å². The summed E-state index contributed by atoms with van der Waals surface area (Å²) in [5, 5.41) is 0.569. The van der Waals surface area contributed by atoms with Crippen LogP contribution in [0.5, 0.6) is 0 Å². The Balaban J connectivity index is 1.54. The van der Waals surface area contributed by atoms with E-state index in [1.165, 1.54) is 18.2 Å². The van der Waals surface area contributed by atoms with Gasteiger partial charge in [0, 0.05) is 37.3 Å². The van der Waals surface area contributed by atoms with Crippen molar-refractivity contribution in [1.82, 2.24) is 9.88 Å². The van der Waals surface area contributed by atoms with Crippen molar-refractivity contribution in [3.63, 3.8) is 0 Å². The number of carbonyl (C=O) groups is 1. The number of alkyl halides is 3. The van der Waals surface area contributed by atoms with E-state index >= 15 is 0 Å². The number of amides is 1. The van der Waals surface area contributed by atoms with E-state index in [0.717, 1.165) is 36.1 Å². The summed E-state index contributed by atoms with van der Waals surface area (Å²) in [4.78, 5) is 21.3. The fraction of sp³-hybridized carbons (Fsp3) is 0.333. The molecule has 158 valence electrons. The number of carbonyl (C=O) groups excluding carboxylic acids is 1. The number of benzene rings is 1. The van der Waals surface area contributed by atoms with Gasteiger partial charge in [-0.2, -0.15) is 13.2 Å². The maximum absolute atomic E-state index is 13.2. The Morgan fingerprint density at radius 3 is 2.47 bits per heavy atom. The normalized spacial score (nSPS) is 15.5. The molecule has 1 saturated heterocycles. The van der Waals surface area contributed by atoms with E-state index < -0.39 is 11.9 Å². The van der Waals surface area contributed by atoms with Crippen molar-refractivity contribution in [2.24, 2.45) is 0 Å². The molecule has 0 bridgehead atoms. The summed E-state index contributed by atoms with van der Waals surface area (Å²) < 4.78 is 52.0. The van der Waals surface area contributed by atoms with Gasteiger partial charge < -0.3 is 9.80 Å². The molecule has 30 heavy (non-hydrogen) atoms.